The van der Waals surface area contributed by atoms with Gasteiger partial charge in [-0.15, -0.1) is 0 Å². The molecule has 88 valence electrons. The molecule has 17 heavy (non-hydrogen) atoms. The quantitative estimate of drug-likeness (QED) is 0.870. The maximum atomic E-state index is 11.7. The summed E-state index contributed by atoms with van der Waals surface area (Å²) in [6, 6.07) is 4.76. The van der Waals surface area contributed by atoms with E-state index >= 15 is 0 Å². The number of carbonyl (C=O) groups excluding carboxylic acids is 1. The number of aromatic nitrogens is 1. The van der Waals surface area contributed by atoms with E-state index in [1.165, 1.54) is 18.5 Å². The van der Waals surface area contributed by atoms with E-state index in [4.69, 9.17) is 16.0 Å². The molecule has 0 atom stereocenters. The Morgan fingerprint density at radius 2 is 2.35 bits per heavy atom. The van der Waals surface area contributed by atoms with E-state index in [0.29, 0.717) is 10.8 Å². The molecule has 2 N–H and O–H groups in total. The van der Waals surface area contributed by atoms with Crippen molar-refractivity contribution in [1.29, 1.82) is 0 Å². The number of nitrogens with one attached hydrogen (secondary N) is 2. The summed E-state index contributed by atoms with van der Waals surface area (Å²) in [4.78, 5) is 25.4. The zero-order chi connectivity index (χ0) is 12.3. The number of carbonyl (C=O) groups is 1. The SMILES string of the molecule is O=C(NCc1ccco1)c1cc(Cl)c[nH]c1=O. The highest BCUT2D eigenvalue weighted by Gasteiger charge is 2.11. The average Bonchev–Trinajstić information content (AvgIpc) is 2.82. The zero-order valence-electron chi connectivity index (χ0n) is 8.70. The van der Waals surface area contributed by atoms with Crippen LogP contribution < -0.4 is 10.9 Å². The molecule has 6 heteroatoms. The largest absolute Gasteiger partial charge is 0.467 e. The van der Waals surface area contributed by atoms with Crippen molar-refractivity contribution in [2.45, 2.75) is 6.54 Å². The minimum atomic E-state index is -0.495. The van der Waals surface area contributed by atoms with Crippen LogP contribution in [0.25, 0.3) is 0 Å². The first-order valence-electron chi connectivity index (χ1n) is 4.85. The summed E-state index contributed by atoms with van der Waals surface area (Å²) in [6.07, 6.45) is 2.83. The maximum Gasteiger partial charge on any atom is 0.260 e. The van der Waals surface area contributed by atoms with E-state index in [0.717, 1.165) is 0 Å². The van der Waals surface area contributed by atoms with Gasteiger partial charge >= 0.3 is 0 Å². The molecule has 0 aliphatic carbocycles. The molecule has 0 fully saturated rings. The molecule has 0 aliphatic rings. The normalized spacial score (nSPS) is 10.2. The number of amides is 1. The van der Waals surface area contributed by atoms with Gasteiger partial charge in [0.25, 0.3) is 11.5 Å². The van der Waals surface area contributed by atoms with E-state index in [-0.39, 0.29) is 12.1 Å². The van der Waals surface area contributed by atoms with Gasteiger partial charge in [-0.05, 0) is 18.2 Å². The fraction of sp³-hybridized carbons (Fsp3) is 0.0909. The third kappa shape index (κ3) is 2.76. The topological polar surface area (TPSA) is 75.1 Å². The molecule has 0 saturated carbocycles. The second kappa shape index (κ2) is 4.88. The molecule has 2 aromatic heterocycles. The van der Waals surface area contributed by atoms with Crippen molar-refractivity contribution in [2.75, 3.05) is 0 Å². The van der Waals surface area contributed by atoms with E-state index in [2.05, 4.69) is 10.3 Å². The number of hydrogen-bond acceptors (Lipinski definition) is 3. The lowest BCUT2D eigenvalue weighted by Gasteiger charge is -2.02. The highest BCUT2D eigenvalue weighted by Crippen LogP contribution is 2.05. The van der Waals surface area contributed by atoms with Crippen molar-refractivity contribution in [1.82, 2.24) is 10.3 Å². The Morgan fingerprint density at radius 3 is 3.06 bits per heavy atom. The fourth-order valence-electron chi connectivity index (χ4n) is 1.30. The number of rotatable bonds is 3. The monoisotopic (exact) mass is 252 g/mol. The van der Waals surface area contributed by atoms with Crippen molar-refractivity contribution in [3.05, 3.63) is 57.4 Å². The maximum absolute atomic E-state index is 11.7. The van der Waals surface area contributed by atoms with Crippen LogP contribution in [0, 0.1) is 0 Å². The van der Waals surface area contributed by atoms with E-state index in [9.17, 15) is 9.59 Å². The summed E-state index contributed by atoms with van der Waals surface area (Å²) in [6.45, 7) is 0.220. The highest BCUT2D eigenvalue weighted by molar-refractivity contribution is 6.30. The predicted molar refractivity (Wildman–Crippen MR) is 62.0 cm³/mol. The van der Waals surface area contributed by atoms with Crippen molar-refractivity contribution in [2.24, 2.45) is 0 Å². The van der Waals surface area contributed by atoms with Crippen molar-refractivity contribution < 1.29 is 9.21 Å². The molecule has 0 saturated heterocycles. The van der Waals surface area contributed by atoms with Crippen LogP contribution >= 0.6 is 11.6 Å². The molecule has 5 nitrogen and oxygen atoms in total. The van der Waals surface area contributed by atoms with Gasteiger partial charge in [0.15, 0.2) is 0 Å². The van der Waals surface area contributed by atoms with Gasteiger partial charge in [-0.3, -0.25) is 9.59 Å². The van der Waals surface area contributed by atoms with Gasteiger partial charge in [-0.1, -0.05) is 11.6 Å². The molecule has 0 unspecified atom stereocenters. The van der Waals surface area contributed by atoms with Crippen LogP contribution in [0.2, 0.25) is 5.02 Å². The van der Waals surface area contributed by atoms with Gasteiger partial charge in [0.1, 0.15) is 11.3 Å². The Bertz CT molecular complexity index is 575. The summed E-state index contributed by atoms with van der Waals surface area (Å²) in [5.74, 6) is 0.113. The van der Waals surface area contributed by atoms with Gasteiger partial charge in [0.2, 0.25) is 0 Å². The molecule has 2 rings (SSSR count). The summed E-state index contributed by atoms with van der Waals surface area (Å²) >= 11 is 5.69. The molecule has 0 aromatic carbocycles. The van der Waals surface area contributed by atoms with Crippen LogP contribution in [0.3, 0.4) is 0 Å². The summed E-state index contributed by atoms with van der Waals surface area (Å²) < 4.78 is 5.05. The van der Waals surface area contributed by atoms with Crippen molar-refractivity contribution in [3.8, 4) is 0 Å². The average molecular weight is 253 g/mol. The summed E-state index contributed by atoms with van der Waals surface area (Å²) in [5.41, 5.74) is -0.504. The summed E-state index contributed by atoms with van der Waals surface area (Å²) in [7, 11) is 0. The lowest BCUT2D eigenvalue weighted by Crippen LogP contribution is -2.28. The Morgan fingerprint density at radius 1 is 1.53 bits per heavy atom. The second-order valence-corrected chi connectivity index (χ2v) is 3.76. The zero-order valence-corrected chi connectivity index (χ0v) is 9.45. The van der Waals surface area contributed by atoms with Gasteiger partial charge in [-0.25, -0.2) is 0 Å². The summed E-state index contributed by atoms with van der Waals surface area (Å²) in [5, 5.41) is 2.86. The number of pyridine rings is 1. The Labute approximate surface area is 101 Å². The molecule has 2 aromatic rings. The third-order valence-corrected chi connectivity index (χ3v) is 2.33. The third-order valence-electron chi connectivity index (χ3n) is 2.12. The number of aromatic amines is 1. The fourth-order valence-corrected chi connectivity index (χ4v) is 1.47. The standard InChI is InChI=1S/C11H9ClN2O3/c12-7-4-9(10(15)13-5-7)11(16)14-6-8-2-1-3-17-8/h1-5H,6H2,(H,13,15)(H,14,16). The number of halogens is 1. The van der Waals surface area contributed by atoms with Crippen LogP contribution in [-0.4, -0.2) is 10.9 Å². The smallest absolute Gasteiger partial charge is 0.260 e. The Kier molecular flexibility index (Phi) is 3.30. The number of H-pyrrole nitrogens is 1. The lowest BCUT2D eigenvalue weighted by molar-refractivity contribution is 0.0946. The first-order valence-corrected chi connectivity index (χ1v) is 5.23. The Balaban J connectivity index is 2.09. The van der Waals surface area contributed by atoms with Gasteiger partial charge < -0.3 is 14.7 Å². The first-order chi connectivity index (χ1) is 8.16. The van der Waals surface area contributed by atoms with Crippen LogP contribution in [0.4, 0.5) is 0 Å². The van der Waals surface area contributed by atoms with E-state index < -0.39 is 11.5 Å². The molecule has 2 heterocycles. The van der Waals surface area contributed by atoms with Gasteiger partial charge in [0.05, 0.1) is 17.8 Å². The van der Waals surface area contributed by atoms with Crippen LogP contribution in [0.5, 0.6) is 0 Å². The Hall–Kier alpha value is -2.01. The van der Waals surface area contributed by atoms with Crippen molar-refractivity contribution >= 4 is 17.5 Å². The van der Waals surface area contributed by atoms with Crippen molar-refractivity contribution in [3.63, 3.8) is 0 Å². The molecular weight excluding hydrogens is 244 g/mol. The lowest BCUT2D eigenvalue weighted by atomic mass is 10.2. The van der Waals surface area contributed by atoms with Crippen LogP contribution in [0.15, 0.2) is 39.9 Å². The molecule has 0 radical (unpaired) electrons. The van der Waals surface area contributed by atoms with Gasteiger partial charge in [0, 0.05) is 6.20 Å². The molecule has 0 spiro atoms. The van der Waals surface area contributed by atoms with E-state index in [1.54, 1.807) is 12.1 Å². The minimum Gasteiger partial charge on any atom is -0.467 e. The van der Waals surface area contributed by atoms with Crippen LogP contribution in [0.1, 0.15) is 16.1 Å². The number of furan rings is 1. The number of hydrogen-bond donors (Lipinski definition) is 2. The van der Waals surface area contributed by atoms with Crippen LogP contribution in [-0.2, 0) is 6.54 Å². The predicted octanol–water partition coefficient (Wildman–Crippen LogP) is 1.55. The van der Waals surface area contributed by atoms with Gasteiger partial charge in [-0.2, -0.15) is 0 Å². The first kappa shape index (κ1) is 11.5. The van der Waals surface area contributed by atoms with E-state index in [1.807, 2.05) is 0 Å². The highest BCUT2D eigenvalue weighted by atomic mass is 35.5. The molecule has 0 bridgehead atoms. The minimum absolute atomic E-state index is 0.0240. The molecule has 1 amide bonds. The second-order valence-electron chi connectivity index (χ2n) is 3.32. The molecular formula is C11H9ClN2O3. The molecule has 0 aliphatic heterocycles.